The summed E-state index contributed by atoms with van der Waals surface area (Å²) in [6, 6.07) is 13.5. The lowest BCUT2D eigenvalue weighted by molar-refractivity contribution is 0.468. The van der Waals surface area contributed by atoms with Crippen molar-refractivity contribution >= 4 is 21.6 Å². The van der Waals surface area contributed by atoms with Crippen LogP contribution in [0, 0.1) is 6.92 Å². The molecule has 0 radical (unpaired) electrons. The van der Waals surface area contributed by atoms with Crippen molar-refractivity contribution in [3.05, 3.63) is 58.1 Å². The number of halogens is 1. The summed E-state index contributed by atoms with van der Waals surface area (Å²) in [4.78, 5) is 0. The fraction of sp³-hybridized carbons (Fsp3) is 0.143. The van der Waals surface area contributed by atoms with E-state index in [4.69, 9.17) is 0 Å². The zero-order chi connectivity index (χ0) is 12.3. The van der Waals surface area contributed by atoms with E-state index >= 15 is 0 Å². The van der Waals surface area contributed by atoms with Gasteiger partial charge < -0.3 is 10.4 Å². The van der Waals surface area contributed by atoms with Crippen LogP contribution < -0.4 is 5.32 Å². The summed E-state index contributed by atoms with van der Waals surface area (Å²) < 4.78 is 1.01. The molecular weight excluding hydrogens is 278 g/mol. The fourth-order valence-corrected chi connectivity index (χ4v) is 2.06. The maximum Gasteiger partial charge on any atom is 0.120 e. The van der Waals surface area contributed by atoms with Crippen molar-refractivity contribution in [3.8, 4) is 5.75 Å². The number of benzene rings is 2. The summed E-state index contributed by atoms with van der Waals surface area (Å²) in [7, 11) is 0. The molecule has 0 saturated carbocycles. The summed E-state index contributed by atoms with van der Waals surface area (Å²) >= 11 is 3.47. The van der Waals surface area contributed by atoms with Crippen LogP contribution in [0.15, 0.2) is 46.9 Å². The lowest BCUT2D eigenvalue weighted by Crippen LogP contribution is -2.02. The van der Waals surface area contributed by atoms with E-state index in [9.17, 15) is 5.11 Å². The van der Waals surface area contributed by atoms with Crippen LogP contribution in [0.2, 0.25) is 0 Å². The monoisotopic (exact) mass is 291 g/mol. The average Bonchev–Trinajstić information content (AvgIpc) is 2.35. The third-order valence-corrected chi connectivity index (χ3v) is 3.61. The first-order valence-electron chi connectivity index (χ1n) is 5.44. The molecule has 17 heavy (non-hydrogen) atoms. The van der Waals surface area contributed by atoms with Crippen molar-refractivity contribution in [2.75, 3.05) is 5.32 Å². The SMILES string of the molecule is Cc1c(Br)ccc(O)c1CNc1ccccc1. The topological polar surface area (TPSA) is 32.3 Å². The molecule has 0 amide bonds. The van der Waals surface area contributed by atoms with Gasteiger partial charge in [-0.25, -0.2) is 0 Å². The molecule has 0 fully saturated rings. The number of hydrogen-bond donors (Lipinski definition) is 2. The molecule has 3 heteroatoms. The molecule has 0 unspecified atom stereocenters. The third-order valence-electron chi connectivity index (χ3n) is 2.75. The minimum Gasteiger partial charge on any atom is -0.508 e. The van der Waals surface area contributed by atoms with E-state index in [2.05, 4.69) is 21.2 Å². The van der Waals surface area contributed by atoms with Crippen molar-refractivity contribution in [3.63, 3.8) is 0 Å². The van der Waals surface area contributed by atoms with Crippen molar-refractivity contribution in [1.82, 2.24) is 0 Å². The van der Waals surface area contributed by atoms with Crippen LogP contribution in [-0.2, 0) is 6.54 Å². The first-order chi connectivity index (χ1) is 8.18. The van der Waals surface area contributed by atoms with E-state index < -0.39 is 0 Å². The maximum absolute atomic E-state index is 9.83. The molecule has 0 heterocycles. The van der Waals surface area contributed by atoms with Crippen molar-refractivity contribution in [2.45, 2.75) is 13.5 Å². The average molecular weight is 292 g/mol. The van der Waals surface area contributed by atoms with Gasteiger partial charge in [-0.1, -0.05) is 34.1 Å². The Kier molecular flexibility index (Phi) is 3.69. The zero-order valence-corrected chi connectivity index (χ0v) is 11.2. The number of hydrogen-bond acceptors (Lipinski definition) is 2. The second-order valence-corrected chi connectivity index (χ2v) is 4.74. The summed E-state index contributed by atoms with van der Waals surface area (Å²) in [6.07, 6.45) is 0. The highest BCUT2D eigenvalue weighted by Crippen LogP contribution is 2.28. The molecule has 0 bridgehead atoms. The Labute approximate surface area is 109 Å². The summed E-state index contributed by atoms with van der Waals surface area (Å²) in [6.45, 7) is 2.60. The number of para-hydroxylation sites is 1. The number of phenolic OH excluding ortho intramolecular Hbond substituents is 1. The van der Waals surface area contributed by atoms with Crippen LogP contribution >= 0.6 is 15.9 Å². The first-order valence-corrected chi connectivity index (χ1v) is 6.23. The molecule has 2 aromatic carbocycles. The molecule has 2 aromatic rings. The van der Waals surface area contributed by atoms with Gasteiger partial charge >= 0.3 is 0 Å². The highest BCUT2D eigenvalue weighted by molar-refractivity contribution is 9.10. The Balaban J connectivity index is 2.17. The predicted molar refractivity (Wildman–Crippen MR) is 74.3 cm³/mol. The smallest absolute Gasteiger partial charge is 0.120 e. The molecule has 0 aromatic heterocycles. The Morgan fingerprint density at radius 1 is 1.12 bits per heavy atom. The lowest BCUT2D eigenvalue weighted by atomic mass is 10.1. The molecule has 0 atom stereocenters. The fourth-order valence-electron chi connectivity index (χ4n) is 1.68. The normalized spacial score (nSPS) is 10.2. The van der Waals surface area contributed by atoms with Crippen molar-refractivity contribution in [1.29, 1.82) is 0 Å². The minimum absolute atomic E-state index is 0.328. The Bertz CT molecular complexity index is 511. The number of anilines is 1. The van der Waals surface area contributed by atoms with Crippen LogP contribution in [0.5, 0.6) is 5.75 Å². The van der Waals surface area contributed by atoms with Gasteiger partial charge in [0.25, 0.3) is 0 Å². The van der Waals surface area contributed by atoms with Crippen LogP contribution in [0.3, 0.4) is 0 Å². The van der Waals surface area contributed by atoms with Crippen LogP contribution in [0.1, 0.15) is 11.1 Å². The number of nitrogens with one attached hydrogen (secondary N) is 1. The van der Waals surface area contributed by atoms with Gasteiger partial charge in [-0.2, -0.15) is 0 Å². The van der Waals surface area contributed by atoms with E-state index in [1.165, 1.54) is 0 Å². The Morgan fingerprint density at radius 3 is 2.53 bits per heavy atom. The molecule has 0 aliphatic rings. The number of rotatable bonds is 3. The predicted octanol–water partition coefficient (Wildman–Crippen LogP) is 4.08. The molecule has 2 rings (SSSR count). The highest BCUT2D eigenvalue weighted by Gasteiger charge is 2.07. The van der Waals surface area contributed by atoms with E-state index in [0.717, 1.165) is 21.3 Å². The van der Waals surface area contributed by atoms with E-state index in [1.807, 2.05) is 43.3 Å². The van der Waals surface area contributed by atoms with Gasteiger partial charge in [0.2, 0.25) is 0 Å². The van der Waals surface area contributed by atoms with E-state index in [0.29, 0.717) is 12.3 Å². The molecule has 2 N–H and O–H groups in total. The van der Waals surface area contributed by atoms with Crippen LogP contribution in [0.4, 0.5) is 5.69 Å². The molecular formula is C14H14BrNO. The number of aromatic hydroxyl groups is 1. The molecule has 2 nitrogen and oxygen atoms in total. The van der Waals surface area contributed by atoms with Gasteiger partial charge in [0, 0.05) is 22.3 Å². The van der Waals surface area contributed by atoms with Crippen molar-refractivity contribution < 1.29 is 5.11 Å². The highest BCUT2D eigenvalue weighted by atomic mass is 79.9. The summed E-state index contributed by atoms with van der Waals surface area (Å²) in [5.41, 5.74) is 3.03. The molecule has 0 spiro atoms. The van der Waals surface area contributed by atoms with Gasteiger partial charge in [0.15, 0.2) is 0 Å². The van der Waals surface area contributed by atoms with Gasteiger partial charge in [0.1, 0.15) is 5.75 Å². The molecule has 0 aliphatic heterocycles. The van der Waals surface area contributed by atoms with Gasteiger partial charge in [-0.15, -0.1) is 0 Å². The van der Waals surface area contributed by atoms with Gasteiger partial charge in [0.05, 0.1) is 0 Å². The van der Waals surface area contributed by atoms with Gasteiger partial charge in [-0.05, 0) is 36.8 Å². The summed E-state index contributed by atoms with van der Waals surface area (Å²) in [5.74, 6) is 0.328. The Hall–Kier alpha value is -1.48. The second-order valence-electron chi connectivity index (χ2n) is 3.89. The lowest BCUT2D eigenvalue weighted by Gasteiger charge is -2.12. The quantitative estimate of drug-likeness (QED) is 0.893. The minimum atomic E-state index is 0.328. The zero-order valence-electron chi connectivity index (χ0n) is 9.57. The molecule has 0 aliphatic carbocycles. The number of phenols is 1. The van der Waals surface area contributed by atoms with Crippen LogP contribution in [-0.4, -0.2) is 5.11 Å². The maximum atomic E-state index is 9.83. The van der Waals surface area contributed by atoms with E-state index in [1.54, 1.807) is 6.07 Å². The molecule has 88 valence electrons. The van der Waals surface area contributed by atoms with Gasteiger partial charge in [-0.3, -0.25) is 0 Å². The second kappa shape index (κ2) is 5.23. The Morgan fingerprint density at radius 2 is 1.82 bits per heavy atom. The third kappa shape index (κ3) is 2.80. The van der Waals surface area contributed by atoms with Crippen LogP contribution in [0.25, 0.3) is 0 Å². The largest absolute Gasteiger partial charge is 0.508 e. The first kappa shape index (κ1) is 12.0. The van der Waals surface area contributed by atoms with E-state index in [-0.39, 0.29) is 0 Å². The standard InChI is InChI=1S/C14H14BrNO/c1-10-12(14(17)8-7-13(10)15)9-16-11-5-3-2-4-6-11/h2-8,16-17H,9H2,1H3. The van der Waals surface area contributed by atoms with Crippen molar-refractivity contribution in [2.24, 2.45) is 0 Å². The molecule has 0 saturated heterocycles. The summed E-state index contributed by atoms with van der Waals surface area (Å²) in [5, 5.41) is 13.1.